The van der Waals surface area contributed by atoms with E-state index in [0.717, 1.165) is 6.54 Å². The monoisotopic (exact) mass is 81.0 g/mol. The van der Waals surface area contributed by atoms with Gasteiger partial charge in [-0.3, -0.25) is 4.99 Å². The van der Waals surface area contributed by atoms with Crippen LogP contribution in [0.3, 0.4) is 0 Å². The van der Waals surface area contributed by atoms with Crippen LogP contribution in [-0.2, 0) is 0 Å². The zero-order chi connectivity index (χ0) is 4.24. The molecule has 0 fully saturated rings. The van der Waals surface area contributed by atoms with Crippen LogP contribution in [-0.4, -0.2) is 12.9 Å². The molecule has 0 aromatic rings. The second-order valence-electron chi connectivity index (χ2n) is 0.999. The highest BCUT2D eigenvalue weighted by molar-refractivity contribution is 5.56. The van der Waals surface area contributed by atoms with Crippen LogP contribution in [0.1, 0.15) is 0 Å². The first-order valence-corrected chi connectivity index (χ1v) is 1.82. The number of nitrogens with one attached hydrogen (secondary N) is 1. The molecule has 0 saturated carbocycles. The van der Waals surface area contributed by atoms with Gasteiger partial charge in [0.25, 0.3) is 0 Å². The molecule has 0 bridgehead atoms. The van der Waals surface area contributed by atoms with Crippen molar-refractivity contribution < 1.29 is 0 Å². The maximum Gasteiger partial charge on any atom is 0.168 e. The third-order valence-corrected chi connectivity index (χ3v) is 0.541. The van der Waals surface area contributed by atoms with Gasteiger partial charge in [-0.2, -0.15) is 0 Å². The van der Waals surface area contributed by atoms with Crippen LogP contribution in [0.5, 0.6) is 0 Å². The fourth-order valence-corrected chi connectivity index (χ4v) is 0.293. The molecule has 2 heteroatoms. The Morgan fingerprint density at radius 2 is 2.83 bits per heavy atom. The van der Waals surface area contributed by atoms with Crippen molar-refractivity contribution >= 4 is 6.34 Å². The number of aliphatic imine (C=N–C) groups is 1. The molecule has 0 aromatic heterocycles. The average molecular weight is 81.1 g/mol. The summed E-state index contributed by atoms with van der Waals surface area (Å²) in [6.07, 6.45) is 6.31. The summed E-state index contributed by atoms with van der Waals surface area (Å²) in [4.78, 5) is 3.73. The lowest BCUT2D eigenvalue weighted by atomic mass is 10.6. The quantitative estimate of drug-likeness (QED) is 0.436. The standard InChI is InChI=1S/C4H5N2/c1-2-5-4-6-3-1/h1-2H,3H2,(H,5,6). The van der Waals surface area contributed by atoms with Crippen molar-refractivity contribution in [1.82, 2.24) is 5.32 Å². The topological polar surface area (TPSA) is 24.4 Å². The summed E-state index contributed by atoms with van der Waals surface area (Å²) in [5.41, 5.74) is 0. The lowest BCUT2D eigenvalue weighted by Crippen LogP contribution is -2.04. The zero-order valence-electron chi connectivity index (χ0n) is 3.31. The summed E-state index contributed by atoms with van der Waals surface area (Å²) in [7, 11) is 0. The van der Waals surface area contributed by atoms with Crippen molar-refractivity contribution in [2.45, 2.75) is 0 Å². The summed E-state index contributed by atoms with van der Waals surface area (Å²) in [5, 5.41) is 2.69. The Balaban J connectivity index is 2.40. The summed E-state index contributed by atoms with van der Waals surface area (Å²) in [6, 6.07) is 0. The normalized spacial score (nSPS) is 17.3. The van der Waals surface area contributed by atoms with Crippen molar-refractivity contribution in [3.05, 3.63) is 12.3 Å². The minimum atomic E-state index is 0.771. The van der Waals surface area contributed by atoms with Gasteiger partial charge in [-0.05, 0) is 6.08 Å². The third kappa shape index (κ3) is 0.578. The first kappa shape index (κ1) is 3.40. The molecule has 0 atom stereocenters. The van der Waals surface area contributed by atoms with Crippen LogP contribution >= 0.6 is 0 Å². The molecule has 1 aliphatic heterocycles. The predicted octanol–water partition coefficient (Wildman–Crippen LogP) is 0.00860. The SMILES string of the molecule is [C]1=NCC=CN1. The van der Waals surface area contributed by atoms with Crippen molar-refractivity contribution in [1.29, 1.82) is 0 Å². The zero-order valence-corrected chi connectivity index (χ0v) is 3.31. The number of hydrogen-bond donors (Lipinski definition) is 1. The van der Waals surface area contributed by atoms with Crippen LogP contribution in [0.4, 0.5) is 0 Å². The van der Waals surface area contributed by atoms with E-state index in [1.165, 1.54) is 0 Å². The second kappa shape index (κ2) is 1.60. The highest BCUT2D eigenvalue weighted by Gasteiger charge is 1.75. The Kier molecular flexibility index (Phi) is 0.906. The fourth-order valence-electron chi connectivity index (χ4n) is 0.293. The molecule has 0 spiro atoms. The largest absolute Gasteiger partial charge is 0.344 e. The van der Waals surface area contributed by atoms with E-state index in [4.69, 9.17) is 0 Å². The minimum Gasteiger partial charge on any atom is -0.344 e. The molecule has 31 valence electrons. The van der Waals surface area contributed by atoms with E-state index >= 15 is 0 Å². The van der Waals surface area contributed by atoms with Gasteiger partial charge in [0.15, 0.2) is 6.34 Å². The third-order valence-electron chi connectivity index (χ3n) is 0.541. The summed E-state index contributed by atoms with van der Waals surface area (Å²) < 4.78 is 0. The Hall–Kier alpha value is -0.790. The lowest BCUT2D eigenvalue weighted by Gasteiger charge is -1.90. The van der Waals surface area contributed by atoms with E-state index in [1.807, 2.05) is 12.3 Å². The van der Waals surface area contributed by atoms with Gasteiger partial charge in [0.05, 0.1) is 6.54 Å². The summed E-state index contributed by atoms with van der Waals surface area (Å²) in [5.74, 6) is 0. The molecule has 0 aliphatic carbocycles. The first-order valence-electron chi connectivity index (χ1n) is 1.82. The van der Waals surface area contributed by atoms with E-state index in [9.17, 15) is 0 Å². The predicted molar refractivity (Wildman–Crippen MR) is 24.6 cm³/mol. The molecule has 1 heterocycles. The molecule has 1 rings (SSSR count). The fraction of sp³-hybridized carbons (Fsp3) is 0.250. The van der Waals surface area contributed by atoms with Crippen LogP contribution in [0.2, 0.25) is 0 Å². The van der Waals surface area contributed by atoms with E-state index in [2.05, 4.69) is 16.6 Å². The molecule has 2 nitrogen and oxygen atoms in total. The van der Waals surface area contributed by atoms with E-state index in [0.29, 0.717) is 0 Å². The maximum absolute atomic E-state index is 3.73. The molecule has 1 N–H and O–H groups in total. The minimum absolute atomic E-state index is 0.771. The first-order chi connectivity index (χ1) is 3.00. The maximum atomic E-state index is 3.73. The molecule has 0 aromatic carbocycles. The van der Waals surface area contributed by atoms with Gasteiger partial charge < -0.3 is 5.32 Å². The summed E-state index contributed by atoms with van der Waals surface area (Å²) >= 11 is 0. The van der Waals surface area contributed by atoms with E-state index in [1.54, 1.807) is 0 Å². The second-order valence-corrected chi connectivity index (χ2v) is 0.999. The molecular formula is C4H5N2. The molecule has 0 saturated heterocycles. The van der Waals surface area contributed by atoms with Crippen molar-refractivity contribution in [2.75, 3.05) is 6.54 Å². The van der Waals surface area contributed by atoms with Gasteiger partial charge in [-0.25, -0.2) is 0 Å². The highest BCUT2D eigenvalue weighted by Crippen LogP contribution is 1.73. The van der Waals surface area contributed by atoms with Crippen LogP contribution in [0.25, 0.3) is 0 Å². The van der Waals surface area contributed by atoms with Crippen molar-refractivity contribution in [3.8, 4) is 0 Å². The molecule has 6 heavy (non-hydrogen) atoms. The Morgan fingerprint density at radius 3 is 3.00 bits per heavy atom. The number of nitrogens with zero attached hydrogens (tertiary/aromatic N) is 1. The molecule has 1 radical (unpaired) electrons. The summed E-state index contributed by atoms with van der Waals surface area (Å²) in [6.45, 7) is 0.771. The van der Waals surface area contributed by atoms with Gasteiger partial charge >= 0.3 is 0 Å². The van der Waals surface area contributed by atoms with E-state index in [-0.39, 0.29) is 0 Å². The molecule has 0 amide bonds. The molecular weight excluding hydrogens is 76.1 g/mol. The van der Waals surface area contributed by atoms with Gasteiger partial charge in [-0.1, -0.05) is 0 Å². The molecule has 0 unspecified atom stereocenters. The Morgan fingerprint density at radius 1 is 1.83 bits per heavy atom. The van der Waals surface area contributed by atoms with Crippen molar-refractivity contribution in [2.24, 2.45) is 4.99 Å². The van der Waals surface area contributed by atoms with Crippen LogP contribution in [0.15, 0.2) is 17.3 Å². The van der Waals surface area contributed by atoms with Crippen LogP contribution < -0.4 is 5.32 Å². The average Bonchev–Trinajstić information content (AvgIpc) is 1.72. The van der Waals surface area contributed by atoms with Crippen LogP contribution in [0, 0.1) is 0 Å². The highest BCUT2D eigenvalue weighted by atomic mass is 14.9. The Labute approximate surface area is 36.6 Å². The van der Waals surface area contributed by atoms with Crippen molar-refractivity contribution in [3.63, 3.8) is 0 Å². The smallest absolute Gasteiger partial charge is 0.168 e. The number of hydrogen-bond acceptors (Lipinski definition) is 2. The van der Waals surface area contributed by atoms with Gasteiger partial charge in [0, 0.05) is 6.20 Å². The van der Waals surface area contributed by atoms with Gasteiger partial charge in [0.1, 0.15) is 0 Å². The lowest BCUT2D eigenvalue weighted by molar-refractivity contribution is 1.14. The number of rotatable bonds is 0. The van der Waals surface area contributed by atoms with Gasteiger partial charge in [-0.15, -0.1) is 0 Å². The van der Waals surface area contributed by atoms with Gasteiger partial charge in [0.2, 0.25) is 0 Å². The van der Waals surface area contributed by atoms with E-state index < -0.39 is 0 Å². The Bertz CT molecular complexity index is 63.5. The molecule has 1 aliphatic rings.